The highest BCUT2D eigenvalue weighted by Gasteiger charge is 2.30. The summed E-state index contributed by atoms with van der Waals surface area (Å²) in [5, 5.41) is 0. The molecule has 4 heteroatoms. The van der Waals surface area contributed by atoms with Gasteiger partial charge in [-0.3, -0.25) is 4.99 Å². The van der Waals surface area contributed by atoms with Gasteiger partial charge >= 0.3 is 0 Å². The van der Waals surface area contributed by atoms with Crippen LogP contribution in [0.1, 0.15) is 107 Å². The first-order valence-corrected chi connectivity index (χ1v) is 18.1. The van der Waals surface area contributed by atoms with Crippen LogP contribution >= 0.6 is 12.1 Å². The fraction of sp³-hybridized carbons (Fsp3) is 0.372. The van der Waals surface area contributed by atoms with Crippen molar-refractivity contribution in [3.05, 3.63) is 153 Å². The van der Waals surface area contributed by atoms with Crippen LogP contribution in [0.15, 0.2) is 125 Å². The molecule has 1 aliphatic carbocycles. The van der Waals surface area contributed by atoms with E-state index in [4.69, 9.17) is 0 Å². The van der Waals surface area contributed by atoms with Crippen LogP contribution < -0.4 is 0 Å². The van der Waals surface area contributed by atoms with Gasteiger partial charge in [0.15, 0.2) is 0 Å². The number of hydrogen-bond acceptors (Lipinski definition) is 3. The number of fused-ring (bicyclic) bond motifs is 2. The topological polar surface area (TPSA) is 15.6 Å². The molecule has 0 N–H and O–H groups in total. The second-order valence-corrected chi connectivity index (χ2v) is 12.9. The summed E-state index contributed by atoms with van der Waals surface area (Å²) >= 11 is 0.178. The minimum absolute atomic E-state index is 0.178. The monoisotopic (exact) mass is 650 g/mol. The van der Waals surface area contributed by atoms with Crippen LogP contribution in [0.5, 0.6) is 0 Å². The zero-order valence-corrected chi connectivity index (χ0v) is 30.6. The average molecular weight is 651 g/mol. The molecule has 1 fully saturated rings. The number of likely N-dealkylation sites (tertiary alicyclic amines) is 1. The van der Waals surface area contributed by atoms with Gasteiger partial charge < -0.3 is 4.90 Å². The Hall–Kier alpha value is -3.63. The molecule has 2 aliphatic rings. The molecule has 0 atom stereocenters. The van der Waals surface area contributed by atoms with Crippen LogP contribution in [0.4, 0.5) is 3.89 Å². The maximum absolute atomic E-state index is 12.9. The molecule has 0 saturated carbocycles. The van der Waals surface area contributed by atoms with Crippen LogP contribution in [0.2, 0.25) is 0 Å². The zero-order chi connectivity index (χ0) is 34.3. The molecule has 1 saturated heterocycles. The first-order chi connectivity index (χ1) is 22.8. The minimum atomic E-state index is 0.178. The van der Waals surface area contributed by atoms with E-state index in [1.165, 1.54) is 58.9 Å². The first-order valence-electron chi connectivity index (χ1n) is 17.3. The van der Waals surface area contributed by atoms with Gasteiger partial charge in [0.1, 0.15) is 0 Å². The maximum Gasteiger partial charge on any atom is 0.0831 e. The van der Waals surface area contributed by atoms with Crippen LogP contribution in [0, 0.1) is 5.92 Å². The van der Waals surface area contributed by atoms with E-state index >= 15 is 0 Å². The third-order valence-corrected chi connectivity index (χ3v) is 9.69. The molecule has 3 aromatic carbocycles. The van der Waals surface area contributed by atoms with Gasteiger partial charge in [-0.2, -0.15) is 3.89 Å². The Morgan fingerprint density at radius 1 is 0.894 bits per heavy atom. The Balaban J connectivity index is 0.000000245. The minimum Gasteiger partial charge on any atom is -0.375 e. The SMILES string of the molecule is C=C(C1c2ccccc2Cc2ccccc21)N1CCC(CC)CC1.C=C/C(SF)=C(\C)N=C(C=C(C)C)c1ccccc1CC.CC. The van der Waals surface area contributed by atoms with Crippen molar-refractivity contribution >= 4 is 17.9 Å². The van der Waals surface area contributed by atoms with E-state index < -0.39 is 0 Å². The van der Waals surface area contributed by atoms with Crippen molar-refractivity contribution in [1.29, 1.82) is 0 Å². The molecule has 0 unspecified atom stereocenters. The molecular formula is C43H55FN2S. The third-order valence-electron chi connectivity index (χ3n) is 9.06. The Morgan fingerprint density at radius 3 is 1.96 bits per heavy atom. The molecule has 0 amide bonds. The Bertz CT molecular complexity index is 1520. The van der Waals surface area contributed by atoms with Gasteiger partial charge in [0.2, 0.25) is 0 Å². The molecule has 0 radical (unpaired) electrons. The predicted octanol–water partition coefficient (Wildman–Crippen LogP) is 12.4. The number of aryl methyl sites for hydroxylation is 1. The van der Waals surface area contributed by atoms with Gasteiger partial charge in [0, 0.05) is 30.3 Å². The van der Waals surface area contributed by atoms with Crippen molar-refractivity contribution in [2.75, 3.05) is 13.1 Å². The van der Waals surface area contributed by atoms with Crippen molar-refractivity contribution in [1.82, 2.24) is 4.90 Å². The van der Waals surface area contributed by atoms with Gasteiger partial charge in [-0.15, -0.1) is 0 Å². The predicted molar refractivity (Wildman–Crippen MR) is 206 cm³/mol. The van der Waals surface area contributed by atoms with Gasteiger partial charge in [-0.1, -0.05) is 132 Å². The van der Waals surface area contributed by atoms with Crippen molar-refractivity contribution in [3.63, 3.8) is 0 Å². The molecule has 3 aromatic rings. The van der Waals surface area contributed by atoms with Gasteiger partial charge in [0.25, 0.3) is 0 Å². The third kappa shape index (κ3) is 9.93. The number of nitrogens with zero attached hydrogens (tertiary/aromatic N) is 2. The summed E-state index contributed by atoms with van der Waals surface area (Å²) in [5.41, 5.74) is 12.1. The summed E-state index contributed by atoms with van der Waals surface area (Å²) in [6, 6.07) is 26.1. The highest BCUT2D eigenvalue weighted by atomic mass is 32.2. The molecule has 2 nitrogen and oxygen atoms in total. The molecule has 250 valence electrons. The quantitative estimate of drug-likeness (QED) is 0.169. The normalized spacial score (nSPS) is 15.1. The fourth-order valence-electron chi connectivity index (χ4n) is 6.49. The van der Waals surface area contributed by atoms with Crippen LogP contribution in [-0.4, -0.2) is 23.7 Å². The van der Waals surface area contributed by atoms with Crippen LogP contribution in [0.25, 0.3) is 0 Å². The lowest BCUT2D eigenvalue weighted by atomic mass is 9.76. The summed E-state index contributed by atoms with van der Waals surface area (Å²) in [6.45, 7) is 24.8. The van der Waals surface area contributed by atoms with Gasteiger partial charge in [-0.05, 0) is 86.3 Å². The second kappa shape index (κ2) is 19.3. The largest absolute Gasteiger partial charge is 0.375 e. The molecule has 1 aliphatic heterocycles. The summed E-state index contributed by atoms with van der Waals surface area (Å²) in [5.74, 6) is 1.23. The highest BCUT2D eigenvalue weighted by molar-refractivity contribution is 7.98. The molecule has 0 aromatic heterocycles. The lowest BCUT2D eigenvalue weighted by Gasteiger charge is -2.40. The molecule has 0 spiro atoms. The smallest absolute Gasteiger partial charge is 0.0831 e. The molecule has 0 bridgehead atoms. The second-order valence-electron chi connectivity index (χ2n) is 12.3. The lowest BCUT2D eigenvalue weighted by Crippen LogP contribution is -2.35. The lowest BCUT2D eigenvalue weighted by molar-refractivity contribution is 0.216. The molecular weight excluding hydrogens is 596 g/mol. The van der Waals surface area contributed by atoms with Crippen molar-refractivity contribution in [2.24, 2.45) is 10.9 Å². The van der Waals surface area contributed by atoms with Crippen LogP contribution in [0.3, 0.4) is 0 Å². The van der Waals surface area contributed by atoms with E-state index in [1.807, 2.05) is 45.9 Å². The summed E-state index contributed by atoms with van der Waals surface area (Å²) in [4.78, 5) is 7.62. The van der Waals surface area contributed by atoms with E-state index in [0.29, 0.717) is 16.5 Å². The Morgan fingerprint density at radius 2 is 1.45 bits per heavy atom. The van der Waals surface area contributed by atoms with Crippen molar-refractivity contribution in [3.8, 4) is 0 Å². The average Bonchev–Trinajstić information content (AvgIpc) is 3.11. The molecule has 47 heavy (non-hydrogen) atoms. The van der Waals surface area contributed by atoms with E-state index in [1.54, 1.807) is 6.92 Å². The number of benzene rings is 3. The number of allylic oxidation sites excluding steroid dienone is 5. The number of piperidine rings is 1. The van der Waals surface area contributed by atoms with E-state index in [2.05, 4.69) is 97.6 Å². The van der Waals surface area contributed by atoms with Crippen molar-refractivity contribution < 1.29 is 3.89 Å². The molecule has 5 rings (SSSR count). The summed E-state index contributed by atoms with van der Waals surface area (Å²) < 4.78 is 12.9. The summed E-state index contributed by atoms with van der Waals surface area (Å²) in [7, 11) is 0. The first kappa shape index (κ1) is 37.8. The van der Waals surface area contributed by atoms with Gasteiger partial charge in [0.05, 0.1) is 28.5 Å². The van der Waals surface area contributed by atoms with E-state index in [0.717, 1.165) is 48.7 Å². The number of rotatable bonds is 9. The van der Waals surface area contributed by atoms with Crippen LogP contribution in [-0.2, 0) is 12.8 Å². The van der Waals surface area contributed by atoms with Gasteiger partial charge in [-0.25, -0.2) is 0 Å². The van der Waals surface area contributed by atoms with E-state index in [9.17, 15) is 3.89 Å². The van der Waals surface area contributed by atoms with Crippen molar-refractivity contribution in [2.45, 2.75) is 86.5 Å². The summed E-state index contributed by atoms with van der Waals surface area (Å²) in [6.07, 6.45) is 9.44. The highest BCUT2D eigenvalue weighted by Crippen LogP contribution is 2.42. The standard InChI is InChI=1S/C23H27N.C18H22FNS.C2H6/c1-3-18-12-14-24(15-13-18)17(2)23-21-10-6-4-8-19(21)16-20-9-5-7-11-22(20)23;1-6-15-10-8-9-11-16(15)17(12-13(3)4)20-14(5)18(7-2)21-19;1-2/h4-11,18,23H,2-3,12-16H2,1H3;7-12H,2,6H2,1,3-5H3;1-2H3/b;18-14-,20-17?;. The number of halogens is 1. The fourth-order valence-corrected chi connectivity index (χ4v) is 6.71. The van der Waals surface area contributed by atoms with E-state index in [-0.39, 0.29) is 12.1 Å². The molecule has 1 heterocycles. The zero-order valence-electron chi connectivity index (χ0n) is 29.8. The number of aliphatic imine (C=N–C) groups is 1. The Labute approximate surface area is 289 Å². The number of hydrogen-bond donors (Lipinski definition) is 0. The maximum atomic E-state index is 12.9. The Kier molecular flexibility index (Phi) is 15.5.